The summed E-state index contributed by atoms with van der Waals surface area (Å²) in [6, 6.07) is 9.82. The van der Waals surface area contributed by atoms with Crippen molar-refractivity contribution in [1.82, 2.24) is 0 Å². The van der Waals surface area contributed by atoms with Gasteiger partial charge in [-0.15, -0.1) is 0 Å². The Morgan fingerprint density at radius 1 is 1.24 bits per heavy atom. The molecule has 0 heterocycles. The van der Waals surface area contributed by atoms with Gasteiger partial charge in [-0.25, -0.2) is 13.6 Å². The number of aromatic hydroxyl groups is 1. The van der Waals surface area contributed by atoms with Crippen molar-refractivity contribution in [2.24, 2.45) is 5.14 Å². The van der Waals surface area contributed by atoms with Crippen LogP contribution in [0.5, 0.6) is 5.75 Å². The van der Waals surface area contributed by atoms with E-state index in [-0.39, 0.29) is 15.7 Å². The summed E-state index contributed by atoms with van der Waals surface area (Å²) in [4.78, 5) is 0.0937. The molecule has 0 fully saturated rings. The Balaban J connectivity index is 2.19. The van der Waals surface area contributed by atoms with E-state index in [0.29, 0.717) is 17.8 Å². The van der Waals surface area contributed by atoms with Crippen LogP contribution in [-0.2, 0) is 16.6 Å². The topological polar surface area (TPSA) is 92.4 Å². The average Bonchev–Trinajstić information content (AvgIpc) is 2.40. The molecule has 2 aromatic carbocycles. The van der Waals surface area contributed by atoms with E-state index in [1.165, 1.54) is 12.1 Å². The third kappa shape index (κ3) is 3.87. The van der Waals surface area contributed by atoms with Gasteiger partial charge in [0.05, 0.1) is 9.92 Å². The Kier molecular flexibility index (Phi) is 4.41. The fourth-order valence-corrected chi connectivity index (χ4v) is 2.89. The maximum atomic E-state index is 11.5. The highest BCUT2D eigenvalue weighted by Crippen LogP contribution is 2.24. The molecule has 0 spiro atoms. The number of sulfonamides is 1. The summed E-state index contributed by atoms with van der Waals surface area (Å²) in [5.74, 6) is 0.0206. The molecule has 0 saturated heterocycles. The van der Waals surface area contributed by atoms with Crippen LogP contribution in [0.25, 0.3) is 0 Å². The first-order chi connectivity index (χ1) is 9.77. The molecule has 112 valence electrons. The normalized spacial score (nSPS) is 11.4. The number of benzene rings is 2. The minimum absolute atomic E-state index is 0.0206. The van der Waals surface area contributed by atoms with Crippen molar-refractivity contribution in [3.63, 3.8) is 0 Å². The van der Waals surface area contributed by atoms with Gasteiger partial charge in [-0.05, 0) is 42.3 Å². The van der Waals surface area contributed by atoms with Crippen LogP contribution in [-0.4, -0.2) is 13.5 Å². The zero-order valence-electron chi connectivity index (χ0n) is 11.3. The summed E-state index contributed by atoms with van der Waals surface area (Å²) in [6.07, 6.45) is 0. The smallest absolute Gasteiger partial charge is 0.238 e. The van der Waals surface area contributed by atoms with Crippen LogP contribution < -0.4 is 10.5 Å². The Hall–Kier alpha value is -1.76. The van der Waals surface area contributed by atoms with Gasteiger partial charge in [0.2, 0.25) is 10.0 Å². The average molecular weight is 327 g/mol. The van der Waals surface area contributed by atoms with Crippen molar-refractivity contribution in [2.75, 3.05) is 5.32 Å². The fourth-order valence-electron chi connectivity index (χ4n) is 1.88. The summed E-state index contributed by atoms with van der Waals surface area (Å²) in [6.45, 7) is 2.12. The third-order valence-corrected chi connectivity index (χ3v) is 4.36. The summed E-state index contributed by atoms with van der Waals surface area (Å²) in [7, 11) is -3.75. The number of phenols is 1. The zero-order chi connectivity index (χ0) is 15.6. The van der Waals surface area contributed by atoms with E-state index in [1.54, 1.807) is 31.2 Å². The van der Waals surface area contributed by atoms with Crippen molar-refractivity contribution in [3.8, 4) is 5.75 Å². The van der Waals surface area contributed by atoms with Gasteiger partial charge in [0.15, 0.2) is 0 Å². The van der Waals surface area contributed by atoms with Crippen molar-refractivity contribution in [3.05, 3.63) is 52.5 Å². The van der Waals surface area contributed by atoms with E-state index in [2.05, 4.69) is 5.32 Å². The Morgan fingerprint density at radius 3 is 2.57 bits per heavy atom. The predicted molar refractivity (Wildman–Crippen MR) is 83.0 cm³/mol. The molecule has 5 nitrogen and oxygen atoms in total. The molecule has 0 aliphatic heterocycles. The van der Waals surface area contributed by atoms with Gasteiger partial charge in [0, 0.05) is 12.2 Å². The van der Waals surface area contributed by atoms with Gasteiger partial charge in [-0.2, -0.15) is 0 Å². The first kappa shape index (κ1) is 15.6. The highest BCUT2D eigenvalue weighted by atomic mass is 35.5. The molecule has 0 bridgehead atoms. The molecule has 0 saturated carbocycles. The molecular weight excluding hydrogens is 312 g/mol. The quantitative estimate of drug-likeness (QED) is 0.805. The number of hydrogen-bond donors (Lipinski definition) is 3. The first-order valence-corrected chi connectivity index (χ1v) is 8.04. The molecule has 0 radical (unpaired) electrons. The number of aryl methyl sites for hydroxylation is 1. The van der Waals surface area contributed by atoms with E-state index in [0.717, 1.165) is 5.56 Å². The monoisotopic (exact) mass is 326 g/mol. The van der Waals surface area contributed by atoms with Gasteiger partial charge in [-0.3, -0.25) is 0 Å². The molecular formula is C14H15ClN2O3S. The highest BCUT2D eigenvalue weighted by Gasteiger charge is 2.12. The molecule has 2 rings (SSSR count). The number of hydrogen-bond acceptors (Lipinski definition) is 4. The van der Waals surface area contributed by atoms with Crippen molar-refractivity contribution in [2.45, 2.75) is 18.4 Å². The second-order valence-corrected chi connectivity index (χ2v) is 6.60. The van der Waals surface area contributed by atoms with Gasteiger partial charge < -0.3 is 10.4 Å². The SMILES string of the molecule is Cc1ccc(NCc2ccc(O)c(Cl)c2)cc1S(N)(=O)=O. The van der Waals surface area contributed by atoms with Gasteiger partial charge in [-0.1, -0.05) is 23.7 Å². The number of nitrogens with one attached hydrogen (secondary N) is 1. The lowest BCUT2D eigenvalue weighted by atomic mass is 10.2. The maximum absolute atomic E-state index is 11.5. The van der Waals surface area contributed by atoms with Crippen molar-refractivity contribution >= 4 is 27.3 Å². The summed E-state index contributed by atoms with van der Waals surface area (Å²) in [5.41, 5.74) is 2.08. The standard InChI is InChI=1S/C14H15ClN2O3S/c1-9-2-4-11(7-14(9)21(16,19)20)17-8-10-3-5-13(18)12(15)6-10/h2-7,17-18H,8H2,1H3,(H2,16,19,20). The van der Waals surface area contributed by atoms with Gasteiger partial charge >= 0.3 is 0 Å². The molecule has 2 aromatic rings. The lowest BCUT2D eigenvalue weighted by Crippen LogP contribution is -2.14. The van der Waals surface area contributed by atoms with Crippen LogP contribution in [0.15, 0.2) is 41.3 Å². The minimum Gasteiger partial charge on any atom is -0.506 e. The van der Waals surface area contributed by atoms with Crippen molar-refractivity contribution < 1.29 is 13.5 Å². The second kappa shape index (κ2) is 5.93. The fraction of sp³-hybridized carbons (Fsp3) is 0.143. The van der Waals surface area contributed by atoms with E-state index < -0.39 is 10.0 Å². The summed E-state index contributed by atoms with van der Waals surface area (Å²) in [5, 5.41) is 17.9. The molecule has 21 heavy (non-hydrogen) atoms. The van der Waals surface area contributed by atoms with Crippen LogP contribution >= 0.6 is 11.6 Å². The van der Waals surface area contributed by atoms with Crippen LogP contribution in [0.4, 0.5) is 5.69 Å². The third-order valence-electron chi connectivity index (χ3n) is 3.00. The van der Waals surface area contributed by atoms with Crippen LogP contribution in [0.1, 0.15) is 11.1 Å². The zero-order valence-corrected chi connectivity index (χ0v) is 12.9. The van der Waals surface area contributed by atoms with Gasteiger partial charge in [0.1, 0.15) is 5.75 Å². The van der Waals surface area contributed by atoms with Crippen LogP contribution in [0.2, 0.25) is 5.02 Å². The number of anilines is 1. The molecule has 0 atom stereocenters. The highest BCUT2D eigenvalue weighted by molar-refractivity contribution is 7.89. The molecule has 4 N–H and O–H groups in total. The predicted octanol–water partition coefficient (Wildman–Crippen LogP) is 2.61. The van der Waals surface area contributed by atoms with E-state index in [1.807, 2.05) is 0 Å². The Morgan fingerprint density at radius 2 is 1.95 bits per heavy atom. The number of phenolic OH excluding ortho intramolecular Hbond substituents is 1. The van der Waals surface area contributed by atoms with Gasteiger partial charge in [0.25, 0.3) is 0 Å². The number of halogens is 1. The minimum atomic E-state index is -3.75. The van der Waals surface area contributed by atoms with Crippen LogP contribution in [0.3, 0.4) is 0 Å². The second-order valence-electron chi connectivity index (χ2n) is 4.66. The summed E-state index contributed by atoms with van der Waals surface area (Å²) < 4.78 is 22.9. The molecule has 7 heteroatoms. The number of rotatable bonds is 4. The number of primary sulfonamides is 1. The summed E-state index contributed by atoms with van der Waals surface area (Å²) >= 11 is 5.83. The molecule has 0 aliphatic carbocycles. The maximum Gasteiger partial charge on any atom is 0.238 e. The number of nitrogens with two attached hydrogens (primary N) is 1. The molecule has 0 unspecified atom stereocenters. The first-order valence-electron chi connectivity index (χ1n) is 6.12. The largest absolute Gasteiger partial charge is 0.506 e. The lowest BCUT2D eigenvalue weighted by Gasteiger charge is -2.10. The molecule has 0 aromatic heterocycles. The lowest BCUT2D eigenvalue weighted by molar-refractivity contribution is 0.475. The van der Waals surface area contributed by atoms with Crippen LogP contribution in [0, 0.1) is 6.92 Å². The molecule has 0 amide bonds. The molecule has 0 aliphatic rings. The van der Waals surface area contributed by atoms with Crippen molar-refractivity contribution in [1.29, 1.82) is 0 Å². The van der Waals surface area contributed by atoms with E-state index in [9.17, 15) is 13.5 Å². The van der Waals surface area contributed by atoms with E-state index >= 15 is 0 Å². The Bertz CT molecular complexity index is 776. The van der Waals surface area contributed by atoms with E-state index in [4.69, 9.17) is 16.7 Å². The Labute approximate surface area is 128 Å².